The van der Waals surface area contributed by atoms with Crippen LogP contribution in [0.5, 0.6) is 5.19 Å². The number of aromatic nitrogens is 1. The van der Waals surface area contributed by atoms with Crippen LogP contribution in [0, 0.1) is 6.07 Å². The minimum Gasteiger partial charge on any atom is -0.473 e. The van der Waals surface area contributed by atoms with E-state index in [0.717, 1.165) is 10.2 Å². The first-order chi connectivity index (χ1) is 5.40. The highest BCUT2D eigenvalue weighted by atomic mass is 32.1. The molecule has 11 heavy (non-hydrogen) atoms. The molecule has 0 amide bonds. The van der Waals surface area contributed by atoms with E-state index in [1.807, 2.05) is 18.2 Å². The summed E-state index contributed by atoms with van der Waals surface area (Å²) in [5.41, 5.74) is 0.977. The van der Waals surface area contributed by atoms with Crippen LogP contribution in [0.3, 0.4) is 0 Å². The third kappa shape index (κ3) is 1.07. The molecule has 0 aliphatic rings. The highest BCUT2D eigenvalue weighted by Gasteiger charge is 2.00. The third-order valence-corrected chi connectivity index (χ3v) is 2.37. The predicted molar refractivity (Wildman–Crippen MR) is 45.0 cm³/mol. The van der Waals surface area contributed by atoms with E-state index >= 15 is 0 Å². The molecule has 1 aromatic heterocycles. The number of fused-ring (bicyclic) bond motifs is 1. The van der Waals surface area contributed by atoms with Gasteiger partial charge >= 0.3 is 0 Å². The molecule has 0 unspecified atom stereocenters. The first-order valence-electron chi connectivity index (χ1n) is 3.21. The van der Waals surface area contributed by atoms with Gasteiger partial charge in [0.15, 0.2) is 0 Å². The van der Waals surface area contributed by atoms with Gasteiger partial charge in [-0.2, -0.15) is 0 Å². The van der Waals surface area contributed by atoms with Crippen molar-refractivity contribution in [2.45, 2.75) is 0 Å². The smallest absolute Gasteiger partial charge is 0.274 e. The highest BCUT2D eigenvalue weighted by Crippen LogP contribution is 2.26. The fraction of sp³-hybridized carbons (Fsp3) is 0.125. The van der Waals surface area contributed by atoms with Crippen molar-refractivity contribution in [3.05, 3.63) is 24.3 Å². The molecule has 0 fully saturated rings. The zero-order chi connectivity index (χ0) is 7.68. The molecule has 0 spiro atoms. The zero-order valence-electron chi connectivity index (χ0n) is 6.00. The van der Waals surface area contributed by atoms with E-state index in [1.165, 1.54) is 11.3 Å². The van der Waals surface area contributed by atoms with Crippen molar-refractivity contribution in [3.8, 4) is 5.19 Å². The van der Waals surface area contributed by atoms with Gasteiger partial charge in [-0.15, -0.1) is 0 Å². The van der Waals surface area contributed by atoms with Gasteiger partial charge in [0.25, 0.3) is 5.19 Å². The van der Waals surface area contributed by atoms with Gasteiger partial charge in [-0.1, -0.05) is 17.4 Å². The van der Waals surface area contributed by atoms with Crippen LogP contribution in [0.15, 0.2) is 18.2 Å². The van der Waals surface area contributed by atoms with E-state index in [2.05, 4.69) is 11.1 Å². The Balaban J connectivity index is 2.69. The molecule has 0 saturated heterocycles. The molecule has 0 bridgehead atoms. The molecule has 2 nitrogen and oxygen atoms in total. The Bertz CT molecular complexity index is 336. The van der Waals surface area contributed by atoms with Crippen molar-refractivity contribution in [2.24, 2.45) is 0 Å². The van der Waals surface area contributed by atoms with Gasteiger partial charge in [-0.25, -0.2) is 4.98 Å². The van der Waals surface area contributed by atoms with E-state index in [0.29, 0.717) is 5.19 Å². The summed E-state index contributed by atoms with van der Waals surface area (Å²) in [5.74, 6) is 0. The van der Waals surface area contributed by atoms with Crippen molar-refractivity contribution in [3.63, 3.8) is 0 Å². The summed E-state index contributed by atoms with van der Waals surface area (Å²) in [5, 5.41) is 0.708. The summed E-state index contributed by atoms with van der Waals surface area (Å²) < 4.78 is 6.11. The summed E-state index contributed by atoms with van der Waals surface area (Å²) in [4.78, 5) is 4.21. The van der Waals surface area contributed by atoms with E-state index in [9.17, 15) is 0 Å². The van der Waals surface area contributed by atoms with Crippen LogP contribution >= 0.6 is 11.3 Å². The van der Waals surface area contributed by atoms with E-state index in [-0.39, 0.29) is 0 Å². The summed E-state index contributed by atoms with van der Waals surface area (Å²) >= 11 is 1.53. The molecule has 0 aliphatic heterocycles. The fourth-order valence-corrected chi connectivity index (χ4v) is 1.64. The van der Waals surface area contributed by atoms with E-state index in [1.54, 1.807) is 7.11 Å². The molecule has 55 valence electrons. The maximum Gasteiger partial charge on any atom is 0.274 e. The Morgan fingerprint density at radius 2 is 2.55 bits per heavy atom. The third-order valence-electron chi connectivity index (χ3n) is 1.39. The Labute approximate surface area is 68.5 Å². The number of rotatable bonds is 1. The Hall–Kier alpha value is -1.09. The molecule has 2 rings (SSSR count). The van der Waals surface area contributed by atoms with Crippen molar-refractivity contribution < 1.29 is 4.74 Å². The zero-order valence-corrected chi connectivity index (χ0v) is 6.81. The maximum atomic E-state index is 4.99. The fourth-order valence-electron chi connectivity index (χ4n) is 0.884. The predicted octanol–water partition coefficient (Wildman–Crippen LogP) is 2.11. The van der Waals surface area contributed by atoms with Crippen LogP contribution in [0.4, 0.5) is 0 Å². The number of ether oxygens (including phenoxy) is 1. The monoisotopic (exact) mass is 164 g/mol. The lowest BCUT2D eigenvalue weighted by atomic mass is 10.3. The van der Waals surface area contributed by atoms with Gasteiger partial charge in [0.2, 0.25) is 0 Å². The minimum absolute atomic E-state index is 0.708. The lowest BCUT2D eigenvalue weighted by molar-refractivity contribution is 0.413. The van der Waals surface area contributed by atoms with Gasteiger partial charge < -0.3 is 4.74 Å². The van der Waals surface area contributed by atoms with Crippen LogP contribution in [0.2, 0.25) is 0 Å². The van der Waals surface area contributed by atoms with Crippen molar-refractivity contribution in [2.75, 3.05) is 7.11 Å². The molecule has 1 radical (unpaired) electrons. The molecule has 3 heteroatoms. The van der Waals surface area contributed by atoms with Crippen LogP contribution in [0.25, 0.3) is 10.2 Å². The molecule has 1 heterocycles. The second kappa shape index (κ2) is 2.51. The van der Waals surface area contributed by atoms with Crippen LogP contribution < -0.4 is 4.74 Å². The Morgan fingerprint density at radius 3 is 3.27 bits per heavy atom. The molecule has 2 aromatic rings. The van der Waals surface area contributed by atoms with Gasteiger partial charge in [0.05, 0.1) is 17.3 Å². The SMILES string of the molecule is COc1nc2cc[c]cc2s1. The quantitative estimate of drug-likeness (QED) is 0.644. The number of hydrogen-bond donors (Lipinski definition) is 0. The van der Waals surface area contributed by atoms with Gasteiger partial charge in [0, 0.05) is 0 Å². The molecule has 0 aliphatic carbocycles. The number of nitrogens with zero attached hydrogens (tertiary/aromatic N) is 1. The number of hydrogen-bond acceptors (Lipinski definition) is 3. The molecular formula is C8H6NOS. The summed E-state index contributed by atoms with van der Waals surface area (Å²) in [6.45, 7) is 0. The standard InChI is InChI=1S/C8H6NOS/c1-10-8-9-6-4-2-3-5-7(6)11-8/h2,4-5H,1H3. The normalized spacial score (nSPS) is 10.3. The Morgan fingerprint density at radius 1 is 1.64 bits per heavy atom. The summed E-state index contributed by atoms with van der Waals surface area (Å²) in [6, 6.07) is 8.67. The summed E-state index contributed by atoms with van der Waals surface area (Å²) in [7, 11) is 1.63. The van der Waals surface area contributed by atoms with Crippen LogP contribution in [-0.2, 0) is 0 Å². The first kappa shape index (κ1) is 6.61. The molecule has 0 N–H and O–H groups in total. The van der Waals surface area contributed by atoms with Gasteiger partial charge in [0.1, 0.15) is 0 Å². The number of methoxy groups -OCH3 is 1. The number of thiazole rings is 1. The first-order valence-corrected chi connectivity index (χ1v) is 4.02. The molecular weight excluding hydrogens is 158 g/mol. The van der Waals surface area contributed by atoms with Crippen molar-refractivity contribution >= 4 is 21.6 Å². The van der Waals surface area contributed by atoms with Crippen molar-refractivity contribution in [1.29, 1.82) is 0 Å². The van der Waals surface area contributed by atoms with E-state index in [4.69, 9.17) is 4.74 Å². The largest absolute Gasteiger partial charge is 0.473 e. The second-order valence-corrected chi connectivity index (χ2v) is 3.07. The lowest BCUT2D eigenvalue weighted by Crippen LogP contribution is -1.77. The topological polar surface area (TPSA) is 22.1 Å². The number of benzene rings is 1. The van der Waals surface area contributed by atoms with Crippen LogP contribution in [0.1, 0.15) is 0 Å². The molecule has 1 aromatic carbocycles. The highest BCUT2D eigenvalue weighted by molar-refractivity contribution is 7.20. The van der Waals surface area contributed by atoms with Gasteiger partial charge in [-0.3, -0.25) is 0 Å². The lowest BCUT2D eigenvalue weighted by Gasteiger charge is -1.84. The summed E-state index contributed by atoms with van der Waals surface area (Å²) in [6.07, 6.45) is 0. The van der Waals surface area contributed by atoms with Gasteiger partial charge in [-0.05, 0) is 18.2 Å². The maximum absolute atomic E-state index is 4.99. The Kier molecular flexibility index (Phi) is 1.51. The second-order valence-electron chi connectivity index (χ2n) is 2.08. The molecule has 0 atom stereocenters. The average molecular weight is 164 g/mol. The van der Waals surface area contributed by atoms with Crippen LogP contribution in [-0.4, -0.2) is 12.1 Å². The minimum atomic E-state index is 0.708. The average Bonchev–Trinajstić information content (AvgIpc) is 2.46. The van der Waals surface area contributed by atoms with E-state index < -0.39 is 0 Å². The molecule has 0 saturated carbocycles. The van der Waals surface area contributed by atoms with Crippen molar-refractivity contribution in [1.82, 2.24) is 4.98 Å².